The third kappa shape index (κ3) is 3.89. The number of aromatic nitrogens is 1. The van der Waals surface area contributed by atoms with E-state index in [-0.39, 0.29) is 29.1 Å². The van der Waals surface area contributed by atoms with Gasteiger partial charge in [-0.1, -0.05) is 0 Å². The molecule has 5 rings (SSSR count). The van der Waals surface area contributed by atoms with Gasteiger partial charge in [-0.2, -0.15) is 8.78 Å². The van der Waals surface area contributed by atoms with Crippen LogP contribution in [0.15, 0.2) is 23.3 Å². The van der Waals surface area contributed by atoms with Gasteiger partial charge in [0.1, 0.15) is 0 Å². The van der Waals surface area contributed by atoms with Gasteiger partial charge in [0.25, 0.3) is 0 Å². The van der Waals surface area contributed by atoms with Crippen LogP contribution < -0.4 is 16.2 Å². The summed E-state index contributed by atoms with van der Waals surface area (Å²) in [6.07, 6.45) is 4.32. The normalized spacial score (nSPS) is 31.9. The molecule has 0 aromatic carbocycles. The molecule has 5 atom stereocenters. The Bertz CT molecular complexity index is 922. The van der Waals surface area contributed by atoms with Crippen LogP contribution in [0.25, 0.3) is 5.70 Å². The molecule has 0 saturated heterocycles. The Morgan fingerprint density at radius 3 is 2.71 bits per heavy atom. The maximum atomic E-state index is 12.6. The molecule has 4 aliphatic rings. The van der Waals surface area contributed by atoms with Crippen molar-refractivity contribution in [1.82, 2.24) is 4.98 Å². The molecule has 1 heterocycles. The summed E-state index contributed by atoms with van der Waals surface area (Å²) in [5.41, 5.74) is 12.8. The molecule has 4 aliphatic carbocycles. The summed E-state index contributed by atoms with van der Waals surface area (Å²) in [5.74, 6) is 1.08. The van der Waals surface area contributed by atoms with E-state index in [2.05, 4.69) is 9.72 Å². The van der Waals surface area contributed by atoms with Crippen LogP contribution in [-0.4, -0.2) is 46.8 Å². The Labute approximate surface area is 180 Å². The van der Waals surface area contributed by atoms with Crippen molar-refractivity contribution in [3.05, 3.63) is 23.9 Å². The van der Waals surface area contributed by atoms with E-state index < -0.39 is 12.2 Å². The Hall–Kier alpha value is -2.26. The van der Waals surface area contributed by atoms with E-state index in [9.17, 15) is 13.9 Å². The number of hydrogen-bond donors (Lipinski definition) is 3. The van der Waals surface area contributed by atoms with E-state index in [4.69, 9.17) is 21.2 Å². The third-order valence-electron chi connectivity index (χ3n) is 6.42. The molecular formula is C22H30F2N4O3. The van der Waals surface area contributed by atoms with Crippen LogP contribution in [-0.2, 0) is 4.74 Å². The monoisotopic (exact) mass is 436 g/mol. The van der Waals surface area contributed by atoms with Gasteiger partial charge in [0.05, 0.1) is 18.3 Å². The molecule has 7 nitrogen and oxygen atoms in total. The van der Waals surface area contributed by atoms with Crippen LogP contribution in [0.4, 0.5) is 14.6 Å². The van der Waals surface area contributed by atoms with Crippen LogP contribution >= 0.6 is 0 Å². The number of ether oxygens (including phenoxy) is 2. The number of alkyl halides is 2. The van der Waals surface area contributed by atoms with Gasteiger partial charge in [-0.3, -0.25) is 4.99 Å². The second kappa shape index (κ2) is 7.41. The van der Waals surface area contributed by atoms with Gasteiger partial charge in [0.15, 0.2) is 11.6 Å². The highest BCUT2D eigenvalue weighted by Crippen LogP contribution is 2.92. The largest absolute Gasteiger partial charge is 0.431 e. The van der Waals surface area contributed by atoms with E-state index >= 15 is 0 Å². The average molecular weight is 437 g/mol. The van der Waals surface area contributed by atoms with Crippen LogP contribution in [0.1, 0.15) is 39.7 Å². The zero-order chi connectivity index (χ0) is 22.7. The van der Waals surface area contributed by atoms with Crippen LogP contribution in [0, 0.1) is 23.2 Å². The molecule has 5 N–H and O–H groups in total. The Balaban J connectivity index is 1.56. The van der Waals surface area contributed by atoms with Crippen molar-refractivity contribution in [3.8, 4) is 5.75 Å². The zero-order valence-electron chi connectivity index (χ0n) is 18.2. The minimum Gasteiger partial charge on any atom is -0.431 e. The van der Waals surface area contributed by atoms with E-state index in [1.807, 2.05) is 19.9 Å². The Kier molecular flexibility index (Phi) is 5.25. The van der Waals surface area contributed by atoms with Crippen molar-refractivity contribution in [1.29, 1.82) is 0 Å². The van der Waals surface area contributed by atoms with Gasteiger partial charge >= 0.3 is 6.61 Å². The van der Waals surface area contributed by atoms with E-state index in [0.717, 1.165) is 12.1 Å². The van der Waals surface area contributed by atoms with E-state index in [1.54, 1.807) is 13.8 Å². The summed E-state index contributed by atoms with van der Waals surface area (Å²) >= 11 is 0. The summed E-state index contributed by atoms with van der Waals surface area (Å²) in [5, 5.41) is 9.97. The number of rotatable bonds is 9. The van der Waals surface area contributed by atoms with Crippen molar-refractivity contribution in [2.24, 2.45) is 33.9 Å². The van der Waals surface area contributed by atoms with Crippen molar-refractivity contribution < 1.29 is 23.4 Å². The quantitative estimate of drug-likeness (QED) is 0.513. The van der Waals surface area contributed by atoms with E-state index in [0.29, 0.717) is 35.6 Å². The summed E-state index contributed by atoms with van der Waals surface area (Å²) < 4.78 is 35.7. The lowest BCUT2D eigenvalue weighted by Gasteiger charge is -2.21. The highest BCUT2D eigenvalue weighted by Gasteiger charge is 2.93. The smallest absolute Gasteiger partial charge is 0.387 e. The number of fused-ring (bicyclic) bond motifs is 1. The first-order valence-corrected chi connectivity index (χ1v) is 10.5. The average Bonchev–Trinajstić information content (AvgIpc) is 3.39. The third-order valence-corrected chi connectivity index (χ3v) is 6.42. The topological polar surface area (TPSA) is 116 Å². The number of aliphatic hydroxyl groups is 1. The van der Waals surface area contributed by atoms with Gasteiger partial charge < -0.3 is 26.0 Å². The highest BCUT2D eigenvalue weighted by molar-refractivity contribution is 6.10. The molecule has 0 amide bonds. The number of nitrogen functional groups attached to an aromatic ring is 1. The number of nitrogens with two attached hydrogens (primary N) is 2. The van der Waals surface area contributed by atoms with Crippen molar-refractivity contribution >= 4 is 17.2 Å². The van der Waals surface area contributed by atoms with Crippen LogP contribution in [0.3, 0.4) is 0 Å². The molecule has 9 heteroatoms. The first-order valence-electron chi connectivity index (χ1n) is 10.5. The fourth-order valence-electron chi connectivity index (χ4n) is 5.23. The number of anilines is 1. The number of allylic oxidation sites excluding steroid dienone is 1. The second-order valence-electron chi connectivity index (χ2n) is 9.68. The molecule has 170 valence electrons. The van der Waals surface area contributed by atoms with Crippen LogP contribution in [0.2, 0.25) is 0 Å². The molecule has 4 saturated carbocycles. The number of nitrogens with zero attached hydrogens (tertiary/aromatic N) is 2. The first kappa shape index (κ1) is 22.0. The number of aliphatic imine (C=N–C) groups is 1. The molecule has 1 aromatic heterocycles. The molecule has 1 aromatic rings. The first-order chi connectivity index (χ1) is 14.4. The predicted molar refractivity (Wildman–Crippen MR) is 114 cm³/mol. The molecule has 2 bridgehead atoms. The molecule has 4 fully saturated rings. The molecular weight excluding hydrogens is 406 g/mol. The van der Waals surface area contributed by atoms with Gasteiger partial charge in [0, 0.05) is 40.5 Å². The Morgan fingerprint density at radius 2 is 2.13 bits per heavy atom. The maximum absolute atomic E-state index is 12.6. The van der Waals surface area contributed by atoms with Gasteiger partial charge in [0.2, 0.25) is 0 Å². The lowest BCUT2D eigenvalue weighted by Crippen LogP contribution is -2.29. The fraction of sp³-hybridized carbons (Fsp3) is 0.636. The minimum absolute atomic E-state index is 0.0251. The molecule has 0 spiro atoms. The zero-order valence-corrected chi connectivity index (χ0v) is 18.2. The second-order valence-corrected chi connectivity index (χ2v) is 9.68. The number of halogens is 2. The summed E-state index contributed by atoms with van der Waals surface area (Å²) in [7, 11) is 0. The molecule has 0 radical (unpaired) electrons. The maximum Gasteiger partial charge on any atom is 0.387 e. The van der Waals surface area contributed by atoms with Crippen molar-refractivity contribution in [3.63, 3.8) is 0 Å². The molecule has 0 aliphatic heterocycles. The standard InChI is InChI=1S/C22H30F2N4O3/c1-10(2)28-16(7-13(25)11-5-15(31-20(23)24)19(26)27-8-11)22-12-6-14(18(22)17(12)22)30-9-21(3,4)29/h5,7-8,10,12,14,17-18,20,29H,6,9,25H2,1-4H3,(H2,26,27)/t12-,14+,17-,18?,22-/m0/s1. The lowest BCUT2D eigenvalue weighted by atomic mass is 9.97. The lowest BCUT2D eigenvalue weighted by molar-refractivity contribution is -0.0546. The van der Waals surface area contributed by atoms with Gasteiger partial charge in [-0.15, -0.1) is 0 Å². The highest BCUT2D eigenvalue weighted by atomic mass is 19.3. The summed E-state index contributed by atoms with van der Waals surface area (Å²) in [4.78, 5) is 8.78. The molecule has 1 unspecified atom stereocenters. The fourth-order valence-corrected chi connectivity index (χ4v) is 5.23. The van der Waals surface area contributed by atoms with Gasteiger partial charge in [-0.05, 0) is 58.1 Å². The molecule has 31 heavy (non-hydrogen) atoms. The van der Waals surface area contributed by atoms with Gasteiger partial charge in [-0.25, -0.2) is 4.98 Å². The Morgan fingerprint density at radius 1 is 1.42 bits per heavy atom. The SMILES string of the molecule is CC(C)N=C(C=C(N)c1cnc(N)c(OC(F)F)c1)[C@]12C3[C@@H]1[C@@H]2C[C@H]3OCC(C)(C)O. The predicted octanol–water partition coefficient (Wildman–Crippen LogP) is 2.84. The van der Waals surface area contributed by atoms with Crippen LogP contribution in [0.5, 0.6) is 5.75 Å². The van der Waals surface area contributed by atoms with Crippen molar-refractivity contribution in [2.45, 2.75) is 58.5 Å². The minimum atomic E-state index is -3.00. The number of hydrogen-bond acceptors (Lipinski definition) is 7. The van der Waals surface area contributed by atoms with E-state index in [1.165, 1.54) is 12.3 Å². The summed E-state index contributed by atoms with van der Waals surface area (Å²) in [6, 6.07) is 1.44. The number of pyridine rings is 1. The summed E-state index contributed by atoms with van der Waals surface area (Å²) in [6.45, 7) is 4.76. The van der Waals surface area contributed by atoms with Crippen molar-refractivity contribution in [2.75, 3.05) is 12.3 Å².